The van der Waals surface area contributed by atoms with E-state index in [-0.39, 0.29) is 5.91 Å². The van der Waals surface area contributed by atoms with Crippen LogP contribution in [0.3, 0.4) is 0 Å². The van der Waals surface area contributed by atoms with Gasteiger partial charge in [0.1, 0.15) is 0 Å². The van der Waals surface area contributed by atoms with Gasteiger partial charge in [-0.2, -0.15) is 0 Å². The number of nitrogens with zero attached hydrogens (tertiary/aromatic N) is 2. The van der Waals surface area contributed by atoms with Gasteiger partial charge in [0, 0.05) is 12.6 Å². The standard InChI is InChI=1S/C15H17N3O2/c1-11(19)8-9-16-15(20)7-6-12-10-17-13-4-2-3-5-14(13)18-12/h2-7,10-11,19H,8-9H2,1H3,(H,16,20). The van der Waals surface area contributed by atoms with Gasteiger partial charge in [-0.3, -0.25) is 9.78 Å². The van der Waals surface area contributed by atoms with Crippen molar-refractivity contribution in [3.8, 4) is 0 Å². The molecule has 0 radical (unpaired) electrons. The van der Waals surface area contributed by atoms with Gasteiger partial charge in [0.25, 0.3) is 0 Å². The predicted molar refractivity (Wildman–Crippen MR) is 77.9 cm³/mol. The lowest BCUT2D eigenvalue weighted by atomic mass is 10.3. The first-order valence-electron chi connectivity index (χ1n) is 6.51. The van der Waals surface area contributed by atoms with Crippen molar-refractivity contribution in [2.75, 3.05) is 6.54 Å². The molecule has 20 heavy (non-hydrogen) atoms. The van der Waals surface area contributed by atoms with E-state index in [1.54, 1.807) is 19.2 Å². The fourth-order valence-electron chi connectivity index (χ4n) is 1.68. The second-order valence-corrected chi connectivity index (χ2v) is 4.55. The number of carbonyl (C=O) groups is 1. The largest absolute Gasteiger partial charge is 0.393 e. The Hall–Kier alpha value is -2.27. The first-order chi connectivity index (χ1) is 9.65. The van der Waals surface area contributed by atoms with Gasteiger partial charge in [0.2, 0.25) is 5.91 Å². The van der Waals surface area contributed by atoms with E-state index in [0.717, 1.165) is 11.0 Å². The molecule has 0 aliphatic heterocycles. The quantitative estimate of drug-likeness (QED) is 0.809. The Morgan fingerprint density at radius 3 is 2.90 bits per heavy atom. The molecule has 1 unspecified atom stereocenters. The molecule has 2 aromatic rings. The lowest BCUT2D eigenvalue weighted by Crippen LogP contribution is -2.24. The molecule has 1 aromatic heterocycles. The van der Waals surface area contributed by atoms with Crippen LogP contribution in [0, 0.1) is 0 Å². The minimum absolute atomic E-state index is 0.208. The summed E-state index contributed by atoms with van der Waals surface area (Å²) in [5, 5.41) is 11.8. The molecular formula is C15H17N3O2. The maximum atomic E-state index is 11.5. The van der Waals surface area contributed by atoms with Gasteiger partial charge in [-0.1, -0.05) is 12.1 Å². The van der Waals surface area contributed by atoms with Crippen molar-refractivity contribution >= 4 is 23.0 Å². The second kappa shape index (κ2) is 6.77. The summed E-state index contributed by atoms with van der Waals surface area (Å²) in [6.45, 7) is 2.14. The van der Waals surface area contributed by atoms with Crippen LogP contribution in [0.4, 0.5) is 0 Å². The Balaban J connectivity index is 1.97. The molecule has 0 saturated carbocycles. The fraction of sp³-hybridized carbons (Fsp3) is 0.267. The number of amides is 1. The van der Waals surface area contributed by atoms with Gasteiger partial charge in [0.15, 0.2) is 0 Å². The van der Waals surface area contributed by atoms with E-state index in [1.165, 1.54) is 6.08 Å². The van der Waals surface area contributed by atoms with E-state index in [2.05, 4.69) is 15.3 Å². The van der Waals surface area contributed by atoms with Crippen molar-refractivity contribution < 1.29 is 9.90 Å². The SMILES string of the molecule is CC(O)CCNC(=O)C=Cc1cnc2ccccc2n1. The van der Waals surface area contributed by atoms with Crippen LogP contribution < -0.4 is 5.32 Å². The van der Waals surface area contributed by atoms with E-state index in [9.17, 15) is 4.79 Å². The highest BCUT2D eigenvalue weighted by molar-refractivity contribution is 5.91. The number of rotatable bonds is 5. The van der Waals surface area contributed by atoms with Crippen LogP contribution in [-0.4, -0.2) is 33.6 Å². The molecule has 0 spiro atoms. The van der Waals surface area contributed by atoms with Crippen molar-refractivity contribution in [2.45, 2.75) is 19.4 Å². The predicted octanol–water partition coefficient (Wildman–Crippen LogP) is 1.53. The Bertz CT molecular complexity index is 623. The molecule has 0 aliphatic rings. The summed E-state index contributed by atoms with van der Waals surface area (Å²) in [5.74, 6) is -0.208. The Kier molecular flexibility index (Phi) is 4.79. The molecule has 0 bridgehead atoms. The van der Waals surface area contributed by atoms with E-state index in [1.807, 2.05) is 24.3 Å². The molecular weight excluding hydrogens is 254 g/mol. The van der Waals surface area contributed by atoms with Crippen LogP contribution in [0.15, 0.2) is 36.5 Å². The monoisotopic (exact) mass is 271 g/mol. The molecule has 5 nitrogen and oxygen atoms in total. The lowest BCUT2D eigenvalue weighted by molar-refractivity contribution is -0.116. The Morgan fingerprint density at radius 2 is 2.15 bits per heavy atom. The number of hydrogen-bond donors (Lipinski definition) is 2. The van der Waals surface area contributed by atoms with Crippen LogP contribution in [0.25, 0.3) is 17.1 Å². The summed E-state index contributed by atoms with van der Waals surface area (Å²) >= 11 is 0. The van der Waals surface area contributed by atoms with Crippen molar-refractivity contribution in [3.05, 3.63) is 42.2 Å². The highest BCUT2D eigenvalue weighted by atomic mass is 16.3. The molecule has 2 rings (SSSR count). The van der Waals surface area contributed by atoms with Gasteiger partial charge >= 0.3 is 0 Å². The van der Waals surface area contributed by atoms with Crippen LogP contribution in [-0.2, 0) is 4.79 Å². The molecule has 0 saturated heterocycles. The molecule has 1 heterocycles. The van der Waals surface area contributed by atoms with Gasteiger partial charge in [0.05, 0.1) is 29.0 Å². The Morgan fingerprint density at radius 1 is 1.40 bits per heavy atom. The molecule has 2 N–H and O–H groups in total. The highest BCUT2D eigenvalue weighted by Gasteiger charge is 1.99. The molecule has 1 aromatic carbocycles. The molecule has 0 aliphatic carbocycles. The zero-order valence-corrected chi connectivity index (χ0v) is 11.3. The third-order valence-electron chi connectivity index (χ3n) is 2.73. The van der Waals surface area contributed by atoms with E-state index in [0.29, 0.717) is 18.7 Å². The van der Waals surface area contributed by atoms with Crippen LogP contribution in [0.5, 0.6) is 0 Å². The highest BCUT2D eigenvalue weighted by Crippen LogP contribution is 2.09. The summed E-state index contributed by atoms with van der Waals surface area (Å²) in [5.41, 5.74) is 2.25. The summed E-state index contributed by atoms with van der Waals surface area (Å²) in [6.07, 6.45) is 4.79. The smallest absolute Gasteiger partial charge is 0.244 e. The second-order valence-electron chi connectivity index (χ2n) is 4.55. The number of carbonyl (C=O) groups excluding carboxylic acids is 1. The van der Waals surface area contributed by atoms with Crippen molar-refractivity contribution in [3.63, 3.8) is 0 Å². The van der Waals surface area contributed by atoms with E-state index >= 15 is 0 Å². The molecule has 1 atom stereocenters. The fourth-order valence-corrected chi connectivity index (χ4v) is 1.68. The zero-order valence-electron chi connectivity index (χ0n) is 11.3. The lowest BCUT2D eigenvalue weighted by Gasteiger charge is -2.03. The Labute approximate surface area is 117 Å². The number of nitrogens with one attached hydrogen (secondary N) is 1. The maximum Gasteiger partial charge on any atom is 0.244 e. The molecule has 5 heteroatoms. The van der Waals surface area contributed by atoms with Crippen molar-refractivity contribution in [1.29, 1.82) is 0 Å². The first kappa shape index (κ1) is 14.1. The van der Waals surface area contributed by atoms with Crippen LogP contribution in [0.1, 0.15) is 19.0 Å². The summed E-state index contributed by atoms with van der Waals surface area (Å²) in [6, 6.07) is 7.57. The number of hydrogen-bond acceptors (Lipinski definition) is 4. The first-order valence-corrected chi connectivity index (χ1v) is 6.51. The number of para-hydroxylation sites is 2. The van der Waals surface area contributed by atoms with E-state index in [4.69, 9.17) is 5.11 Å². The minimum atomic E-state index is -0.411. The van der Waals surface area contributed by atoms with Gasteiger partial charge in [-0.05, 0) is 31.6 Å². The summed E-state index contributed by atoms with van der Waals surface area (Å²) in [4.78, 5) is 20.2. The molecule has 0 fully saturated rings. The normalized spacial score (nSPS) is 12.7. The number of aliphatic hydroxyl groups is 1. The van der Waals surface area contributed by atoms with Gasteiger partial charge < -0.3 is 10.4 Å². The minimum Gasteiger partial charge on any atom is -0.393 e. The zero-order chi connectivity index (χ0) is 14.4. The summed E-state index contributed by atoms with van der Waals surface area (Å²) in [7, 11) is 0. The third-order valence-corrected chi connectivity index (χ3v) is 2.73. The van der Waals surface area contributed by atoms with Gasteiger partial charge in [-0.25, -0.2) is 4.98 Å². The molecule has 104 valence electrons. The third kappa shape index (κ3) is 4.13. The topological polar surface area (TPSA) is 75.1 Å². The molecule has 1 amide bonds. The van der Waals surface area contributed by atoms with Crippen LogP contribution >= 0.6 is 0 Å². The van der Waals surface area contributed by atoms with Crippen molar-refractivity contribution in [1.82, 2.24) is 15.3 Å². The maximum absolute atomic E-state index is 11.5. The number of benzene rings is 1. The average Bonchev–Trinajstić information content (AvgIpc) is 2.44. The van der Waals surface area contributed by atoms with Crippen molar-refractivity contribution in [2.24, 2.45) is 0 Å². The number of aromatic nitrogens is 2. The van der Waals surface area contributed by atoms with Gasteiger partial charge in [-0.15, -0.1) is 0 Å². The summed E-state index contributed by atoms with van der Waals surface area (Å²) < 4.78 is 0. The number of fused-ring (bicyclic) bond motifs is 1. The van der Waals surface area contributed by atoms with E-state index < -0.39 is 6.10 Å². The average molecular weight is 271 g/mol. The van der Waals surface area contributed by atoms with Crippen LogP contribution in [0.2, 0.25) is 0 Å². The number of aliphatic hydroxyl groups excluding tert-OH is 1.